The summed E-state index contributed by atoms with van der Waals surface area (Å²) in [5.41, 5.74) is 1.24. The average molecular weight is 301 g/mol. The molecule has 2 fully saturated rings. The molecule has 2 heterocycles. The molecule has 0 spiro atoms. The molecule has 4 heteroatoms. The van der Waals surface area contributed by atoms with Crippen molar-refractivity contribution in [1.82, 2.24) is 15.1 Å². The maximum absolute atomic E-state index is 12.6. The molecule has 1 aromatic rings. The van der Waals surface area contributed by atoms with Gasteiger partial charge in [-0.1, -0.05) is 30.3 Å². The highest BCUT2D eigenvalue weighted by Gasteiger charge is 2.27. The first-order valence-electron chi connectivity index (χ1n) is 8.62. The summed E-state index contributed by atoms with van der Waals surface area (Å²) in [6, 6.07) is 10.6. The van der Waals surface area contributed by atoms with Crippen molar-refractivity contribution in [1.29, 1.82) is 0 Å². The maximum atomic E-state index is 12.6. The molecule has 1 aromatic carbocycles. The Hall–Kier alpha value is -1.39. The van der Waals surface area contributed by atoms with E-state index in [2.05, 4.69) is 39.4 Å². The number of carbonyl (C=O) groups is 1. The van der Waals surface area contributed by atoms with Crippen molar-refractivity contribution in [2.75, 3.05) is 39.3 Å². The van der Waals surface area contributed by atoms with Gasteiger partial charge in [-0.2, -0.15) is 0 Å². The lowest BCUT2D eigenvalue weighted by molar-refractivity contribution is -0.134. The minimum Gasteiger partial charge on any atom is -0.333 e. The van der Waals surface area contributed by atoms with Gasteiger partial charge in [-0.05, 0) is 44.5 Å². The minimum atomic E-state index is 0.189. The molecule has 120 valence electrons. The Morgan fingerprint density at radius 2 is 1.91 bits per heavy atom. The maximum Gasteiger partial charge on any atom is 0.223 e. The van der Waals surface area contributed by atoms with Crippen molar-refractivity contribution >= 4 is 5.91 Å². The molecule has 2 aliphatic heterocycles. The highest BCUT2D eigenvalue weighted by Crippen LogP contribution is 2.23. The Labute approximate surface area is 133 Å². The Morgan fingerprint density at radius 3 is 2.68 bits per heavy atom. The number of hydrogen-bond donors (Lipinski definition) is 1. The largest absolute Gasteiger partial charge is 0.333 e. The van der Waals surface area contributed by atoms with Gasteiger partial charge in [0.15, 0.2) is 0 Å². The number of likely N-dealkylation sites (tertiary alicyclic amines) is 1. The van der Waals surface area contributed by atoms with Gasteiger partial charge in [0.1, 0.15) is 0 Å². The van der Waals surface area contributed by atoms with E-state index < -0.39 is 0 Å². The summed E-state index contributed by atoms with van der Waals surface area (Å²) in [5.74, 6) is 0.314. The van der Waals surface area contributed by atoms with Gasteiger partial charge in [-0.3, -0.25) is 4.79 Å². The molecule has 0 unspecified atom stereocenters. The lowest BCUT2D eigenvalue weighted by Crippen LogP contribution is -2.48. The summed E-state index contributed by atoms with van der Waals surface area (Å²) in [6.45, 7) is 6.10. The zero-order chi connectivity index (χ0) is 15.2. The van der Waals surface area contributed by atoms with Gasteiger partial charge in [0, 0.05) is 26.1 Å². The van der Waals surface area contributed by atoms with Crippen LogP contribution in [0.15, 0.2) is 30.3 Å². The number of nitrogens with one attached hydrogen (secondary N) is 1. The first kappa shape index (κ1) is 15.5. The van der Waals surface area contributed by atoms with Crippen molar-refractivity contribution in [3.8, 4) is 0 Å². The van der Waals surface area contributed by atoms with Gasteiger partial charge in [-0.25, -0.2) is 0 Å². The molecule has 1 N–H and O–H groups in total. The van der Waals surface area contributed by atoms with Crippen molar-refractivity contribution in [2.24, 2.45) is 0 Å². The predicted molar refractivity (Wildman–Crippen MR) is 88.7 cm³/mol. The molecule has 0 aromatic heterocycles. The fourth-order valence-corrected chi connectivity index (χ4v) is 3.58. The van der Waals surface area contributed by atoms with Crippen molar-refractivity contribution < 1.29 is 4.79 Å². The van der Waals surface area contributed by atoms with Crippen LogP contribution in [0.2, 0.25) is 0 Å². The number of carbonyl (C=O) groups excluding carboxylic acids is 1. The molecule has 0 radical (unpaired) electrons. The van der Waals surface area contributed by atoms with Crippen molar-refractivity contribution in [3.63, 3.8) is 0 Å². The molecule has 0 bridgehead atoms. The number of rotatable bonds is 5. The van der Waals surface area contributed by atoms with Crippen LogP contribution in [-0.2, 0) is 4.79 Å². The Balaban J connectivity index is 1.54. The second kappa shape index (κ2) is 7.75. The highest BCUT2D eigenvalue weighted by molar-refractivity contribution is 5.77. The van der Waals surface area contributed by atoms with E-state index in [1.165, 1.54) is 31.5 Å². The van der Waals surface area contributed by atoms with Crippen LogP contribution in [0.4, 0.5) is 0 Å². The molecular weight excluding hydrogens is 274 g/mol. The normalized spacial score (nSPS) is 22.9. The summed E-state index contributed by atoms with van der Waals surface area (Å²) in [6.07, 6.45) is 4.31. The lowest BCUT2D eigenvalue weighted by Gasteiger charge is -2.36. The van der Waals surface area contributed by atoms with Crippen LogP contribution in [0, 0.1) is 0 Å². The Kier molecular flexibility index (Phi) is 5.46. The molecular formula is C18H27N3O. The van der Waals surface area contributed by atoms with Gasteiger partial charge >= 0.3 is 0 Å². The van der Waals surface area contributed by atoms with Crippen LogP contribution in [-0.4, -0.2) is 55.0 Å². The summed E-state index contributed by atoms with van der Waals surface area (Å²) in [4.78, 5) is 17.2. The molecule has 2 saturated heterocycles. The van der Waals surface area contributed by atoms with E-state index >= 15 is 0 Å². The molecule has 1 amide bonds. The van der Waals surface area contributed by atoms with E-state index in [4.69, 9.17) is 0 Å². The van der Waals surface area contributed by atoms with E-state index in [9.17, 15) is 4.79 Å². The van der Waals surface area contributed by atoms with Crippen molar-refractivity contribution in [2.45, 2.75) is 31.7 Å². The van der Waals surface area contributed by atoms with E-state index in [0.29, 0.717) is 12.3 Å². The van der Waals surface area contributed by atoms with E-state index in [0.717, 1.165) is 32.6 Å². The third kappa shape index (κ3) is 3.87. The topological polar surface area (TPSA) is 35.6 Å². The Bertz CT molecular complexity index is 470. The summed E-state index contributed by atoms with van der Waals surface area (Å²) < 4.78 is 0. The van der Waals surface area contributed by atoms with Crippen LogP contribution >= 0.6 is 0 Å². The van der Waals surface area contributed by atoms with Gasteiger partial charge in [0.2, 0.25) is 5.91 Å². The van der Waals surface area contributed by atoms with Crippen LogP contribution < -0.4 is 5.32 Å². The summed E-state index contributed by atoms with van der Waals surface area (Å²) in [7, 11) is 0. The Morgan fingerprint density at radius 1 is 1.14 bits per heavy atom. The fourth-order valence-electron chi connectivity index (χ4n) is 3.58. The predicted octanol–water partition coefficient (Wildman–Crippen LogP) is 2.04. The van der Waals surface area contributed by atoms with Crippen LogP contribution in [0.3, 0.4) is 0 Å². The van der Waals surface area contributed by atoms with Crippen molar-refractivity contribution in [3.05, 3.63) is 35.9 Å². The zero-order valence-electron chi connectivity index (χ0n) is 13.3. The minimum absolute atomic E-state index is 0.189. The molecule has 4 nitrogen and oxygen atoms in total. The highest BCUT2D eigenvalue weighted by atomic mass is 16.2. The average Bonchev–Trinajstić information content (AvgIpc) is 3.09. The number of hydrogen-bond acceptors (Lipinski definition) is 3. The monoisotopic (exact) mass is 301 g/mol. The van der Waals surface area contributed by atoms with Crippen LogP contribution in [0.1, 0.15) is 37.3 Å². The van der Waals surface area contributed by atoms with Crippen LogP contribution in [0.25, 0.3) is 0 Å². The molecule has 22 heavy (non-hydrogen) atoms. The molecule has 0 saturated carbocycles. The fraction of sp³-hybridized carbons (Fsp3) is 0.611. The molecule has 0 aliphatic carbocycles. The molecule has 3 rings (SSSR count). The van der Waals surface area contributed by atoms with E-state index in [-0.39, 0.29) is 6.04 Å². The molecule has 1 atom stereocenters. The number of nitrogens with zero attached hydrogens (tertiary/aromatic N) is 2. The second-order valence-electron chi connectivity index (χ2n) is 6.37. The summed E-state index contributed by atoms with van der Waals surface area (Å²) in [5, 5.41) is 3.42. The number of amides is 1. The third-order valence-corrected chi connectivity index (χ3v) is 4.81. The van der Waals surface area contributed by atoms with E-state index in [1.807, 2.05) is 6.07 Å². The lowest BCUT2D eigenvalue weighted by atomic mass is 10.0. The second-order valence-corrected chi connectivity index (χ2v) is 6.37. The van der Waals surface area contributed by atoms with Gasteiger partial charge in [0.05, 0.1) is 6.04 Å². The third-order valence-electron chi connectivity index (χ3n) is 4.81. The van der Waals surface area contributed by atoms with Crippen LogP contribution in [0.5, 0.6) is 0 Å². The van der Waals surface area contributed by atoms with Gasteiger partial charge in [-0.15, -0.1) is 0 Å². The number of benzene rings is 1. The zero-order valence-corrected chi connectivity index (χ0v) is 13.3. The molecule has 2 aliphatic rings. The smallest absolute Gasteiger partial charge is 0.223 e. The van der Waals surface area contributed by atoms with Gasteiger partial charge < -0.3 is 15.1 Å². The SMILES string of the molecule is O=C(CCCN1CCCC1)N1CCNC[C@@H]1c1ccccc1. The quantitative estimate of drug-likeness (QED) is 0.904. The summed E-state index contributed by atoms with van der Waals surface area (Å²) >= 11 is 0. The standard InChI is InChI=1S/C18H27N3O/c22-18(9-6-13-20-11-4-5-12-20)21-14-10-19-15-17(21)16-7-2-1-3-8-16/h1-3,7-8,17,19H,4-6,9-15H2/t17-/m1/s1. The van der Waals surface area contributed by atoms with E-state index in [1.54, 1.807) is 0 Å². The first-order chi connectivity index (χ1) is 10.8. The number of piperazine rings is 1. The van der Waals surface area contributed by atoms with Gasteiger partial charge in [0.25, 0.3) is 0 Å². The first-order valence-corrected chi connectivity index (χ1v) is 8.62.